The molecule has 0 radical (unpaired) electrons. The maximum Gasteiger partial charge on any atom is 0.338 e. The summed E-state index contributed by atoms with van der Waals surface area (Å²) in [7, 11) is 0. The molecule has 2 aromatic carbocycles. The van der Waals surface area contributed by atoms with E-state index in [1.54, 1.807) is 13.8 Å². The number of benzene rings is 2. The Hall–Kier alpha value is -2.77. The number of carbonyl (C=O) groups is 1. The number of hydrogen-bond acceptors (Lipinski definition) is 5. The summed E-state index contributed by atoms with van der Waals surface area (Å²) in [6.07, 6.45) is 1.85. The van der Waals surface area contributed by atoms with Gasteiger partial charge in [0, 0.05) is 10.2 Å². The summed E-state index contributed by atoms with van der Waals surface area (Å²) in [5, 5.41) is 0. The van der Waals surface area contributed by atoms with E-state index in [1.807, 2.05) is 60.7 Å². The summed E-state index contributed by atoms with van der Waals surface area (Å²) in [4.78, 5) is 31.3. The predicted octanol–water partition coefficient (Wildman–Crippen LogP) is 3.67. The summed E-state index contributed by atoms with van der Waals surface area (Å²) in [5.41, 5.74) is 2.56. The molecule has 2 heterocycles. The van der Waals surface area contributed by atoms with Gasteiger partial charge < -0.3 is 4.74 Å². The van der Waals surface area contributed by atoms with Gasteiger partial charge in [-0.3, -0.25) is 9.36 Å². The van der Waals surface area contributed by atoms with Crippen LogP contribution in [0.3, 0.4) is 0 Å². The SMILES string of the molecule is CCOC(=O)C1=C(C)n2c(s/c(=C\c3ccccc3)c2=O)=N[C@H]1c1ccc(Br)cc1. The highest BCUT2D eigenvalue weighted by atomic mass is 79.9. The van der Waals surface area contributed by atoms with Crippen LogP contribution >= 0.6 is 27.3 Å². The summed E-state index contributed by atoms with van der Waals surface area (Å²) in [5.74, 6) is -0.455. The van der Waals surface area contributed by atoms with E-state index in [9.17, 15) is 9.59 Å². The normalized spacial score (nSPS) is 16.2. The lowest BCUT2D eigenvalue weighted by molar-refractivity contribution is -0.138. The molecule has 1 aromatic heterocycles. The molecule has 0 fully saturated rings. The lowest BCUT2D eigenvalue weighted by Gasteiger charge is -2.22. The van der Waals surface area contributed by atoms with Crippen molar-refractivity contribution in [1.82, 2.24) is 4.57 Å². The average molecular weight is 483 g/mol. The Morgan fingerprint density at radius 1 is 1.20 bits per heavy atom. The molecule has 4 rings (SSSR count). The summed E-state index contributed by atoms with van der Waals surface area (Å²) in [6.45, 7) is 3.79. The first-order chi connectivity index (χ1) is 14.5. The summed E-state index contributed by atoms with van der Waals surface area (Å²) in [6, 6.07) is 16.8. The van der Waals surface area contributed by atoms with Crippen LogP contribution in [0, 0.1) is 0 Å². The van der Waals surface area contributed by atoms with Gasteiger partial charge in [-0.05, 0) is 43.2 Å². The number of carbonyl (C=O) groups excluding carboxylic acids is 1. The molecule has 0 saturated carbocycles. The fourth-order valence-electron chi connectivity index (χ4n) is 3.40. The number of halogens is 1. The smallest absolute Gasteiger partial charge is 0.338 e. The zero-order valence-corrected chi connectivity index (χ0v) is 18.9. The van der Waals surface area contributed by atoms with Crippen molar-refractivity contribution in [3.63, 3.8) is 0 Å². The number of fused-ring (bicyclic) bond motifs is 1. The minimum atomic E-state index is -0.528. The summed E-state index contributed by atoms with van der Waals surface area (Å²) < 4.78 is 8.32. The van der Waals surface area contributed by atoms with Crippen molar-refractivity contribution in [3.05, 3.63) is 95.5 Å². The van der Waals surface area contributed by atoms with Crippen LogP contribution in [0.1, 0.15) is 31.0 Å². The van der Waals surface area contributed by atoms with E-state index < -0.39 is 12.0 Å². The van der Waals surface area contributed by atoms with Crippen molar-refractivity contribution >= 4 is 45.0 Å². The maximum absolute atomic E-state index is 13.1. The summed E-state index contributed by atoms with van der Waals surface area (Å²) >= 11 is 4.76. The molecule has 0 N–H and O–H groups in total. The molecule has 7 heteroatoms. The number of nitrogens with zero attached hydrogens (tertiary/aromatic N) is 2. The van der Waals surface area contributed by atoms with Crippen LogP contribution < -0.4 is 14.9 Å². The van der Waals surface area contributed by atoms with Gasteiger partial charge in [0.05, 0.1) is 16.7 Å². The van der Waals surface area contributed by atoms with Gasteiger partial charge in [-0.15, -0.1) is 0 Å². The Bertz CT molecular complexity index is 1310. The van der Waals surface area contributed by atoms with E-state index in [-0.39, 0.29) is 12.2 Å². The minimum absolute atomic E-state index is 0.184. The standard InChI is InChI=1S/C23H19BrN2O3S/c1-3-29-22(28)19-14(2)26-21(27)18(13-15-7-5-4-6-8-15)30-23(26)25-20(19)16-9-11-17(24)12-10-16/h4-13,20H,3H2,1-2H3/b18-13-/t20-/m0/s1. The van der Waals surface area contributed by atoms with Crippen molar-refractivity contribution in [1.29, 1.82) is 0 Å². The van der Waals surface area contributed by atoms with Crippen molar-refractivity contribution in [2.45, 2.75) is 19.9 Å². The van der Waals surface area contributed by atoms with Gasteiger partial charge in [0.15, 0.2) is 4.80 Å². The monoisotopic (exact) mass is 482 g/mol. The topological polar surface area (TPSA) is 60.7 Å². The average Bonchev–Trinajstić information content (AvgIpc) is 3.05. The van der Waals surface area contributed by atoms with E-state index in [0.717, 1.165) is 15.6 Å². The van der Waals surface area contributed by atoms with Gasteiger partial charge >= 0.3 is 5.97 Å². The van der Waals surface area contributed by atoms with Gasteiger partial charge in [-0.2, -0.15) is 0 Å². The number of rotatable bonds is 4. The molecule has 0 spiro atoms. The lowest BCUT2D eigenvalue weighted by atomic mass is 9.97. The zero-order valence-electron chi connectivity index (χ0n) is 16.5. The first kappa shape index (κ1) is 20.5. The van der Waals surface area contributed by atoms with Crippen LogP contribution in [-0.4, -0.2) is 17.1 Å². The second-order valence-electron chi connectivity index (χ2n) is 6.75. The number of aromatic nitrogens is 1. The van der Waals surface area contributed by atoms with Gasteiger partial charge in [0.1, 0.15) is 6.04 Å². The molecule has 1 aliphatic heterocycles. The quantitative estimate of drug-likeness (QED) is 0.533. The number of esters is 1. The molecule has 0 aliphatic carbocycles. The molecular formula is C23H19BrN2O3S. The van der Waals surface area contributed by atoms with Gasteiger partial charge in [0.2, 0.25) is 0 Å². The van der Waals surface area contributed by atoms with Gasteiger partial charge in [-0.25, -0.2) is 9.79 Å². The van der Waals surface area contributed by atoms with Gasteiger partial charge in [-0.1, -0.05) is 69.7 Å². The molecule has 152 valence electrons. The molecule has 30 heavy (non-hydrogen) atoms. The highest BCUT2D eigenvalue weighted by Gasteiger charge is 2.31. The molecule has 3 aromatic rings. The van der Waals surface area contributed by atoms with Crippen LogP contribution in [-0.2, 0) is 9.53 Å². The number of ether oxygens (including phenoxy) is 1. The lowest BCUT2D eigenvalue weighted by Crippen LogP contribution is -2.35. The Balaban J connectivity index is 1.95. The molecule has 0 amide bonds. The first-order valence-corrected chi connectivity index (χ1v) is 11.1. The Morgan fingerprint density at radius 2 is 1.90 bits per heavy atom. The molecule has 0 bridgehead atoms. The molecule has 5 nitrogen and oxygen atoms in total. The van der Waals surface area contributed by atoms with E-state index in [4.69, 9.17) is 9.73 Å². The van der Waals surface area contributed by atoms with E-state index in [2.05, 4.69) is 15.9 Å². The Labute approximate surface area is 185 Å². The molecule has 1 atom stereocenters. The number of thiazole rings is 1. The minimum Gasteiger partial charge on any atom is -0.463 e. The number of hydrogen-bond donors (Lipinski definition) is 0. The molecule has 0 saturated heterocycles. The molecular weight excluding hydrogens is 464 g/mol. The Morgan fingerprint density at radius 3 is 2.57 bits per heavy atom. The van der Waals surface area contributed by atoms with Gasteiger partial charge in [0.25, 0.3) is 5.56 Å². The second kappa shape index (κ2) is 8.53. The van der Waals surface area contributed by atoms with Crippen LogP contribution in [0.2, 0.25) is 0 Å². The predicted molar refractivity (Wildman–Crippen MR) is 122 cm³/mol. The Kier molecular flexibility index (Phi) is 5.83. The first-order valence-electron chi connectivity index (χ1n) is 9.49. The zero-order chi connectivity index (χ0) is 21.3. The third-order valence-electron chi connectivity index (χ3n) is 4.82. The number of allylic oxidation sites excluding steroid dienone is 1. The molecule has 1 aliphatic rings. The van der Waals surface area contributed by atoms with Crippen LogP contribution in [0.4, 0.5) is 0 Å². The second-order valence-corrected chi connectivity index (χ2v) is 8.67. The van der Waals surface area contributed by atoms with E-state index in [1.165, 1.54) is 15.9 Å². The van der Waals surface area contributed by atoms with Crippen LogP contribution in [0.15, 0.2) is 74.4 Å². The van der Waals surface area contributed by atoms with Crippen molar-refractivity contribution in [2.75, 3.05) is 6.61 Å². The highest BCUT2D eigenvalue weighted by molar-refractivity contribution is 9.10. The maximum atomic E-state index is 13.1. The van der Waals surface area contributed by atoms with Crippen molar-refractivity contribution in [3.8, 4) is 0 Å². The van der Waals surface area contributed by atoms with Crippen molar-refractivity contribution < 1.29 is 9.53 Å². The third kappa shape index (κ3) is 3.82. The molecule has 0 unspecified atom stereocenters. The van der Waals surface area contributed by atoms with Crippen LogP contribution in [0.5, 0.6) is 0 Å². The highest BCUT2D eigenvalue weighted by Crippen LogP contribution is 2.32. The van der Waals surface area contributed by atoms with E-state index in [0.29, 0.717) is 20.6 Å². The fourth-order valence-corrected chi connectivity index (χ4v) is 4.71. The largest absolute Gasteiger partial charge is 0.463 e. The van der Waals surface area contributed by atoms with Crippen molar-refractivity contribution in [2.24, 2.45) is 4.99 Å². The third-order valence-corrected chi connectivity index (χ3v) is 6.33. The van der Waals surface area contributed by atoms with E-state index >= 15 is 0 Å². The fraction of sp³-hybridized carbons (Fsp3) is 0.174. The van der Waals surface area contributed by atoms with Crippen LogP contribution in [0.25, 0.3) is 11.8 Å².